The highest BCUT2D eigenvalue weighted by Gasteiger charge is 2.34. The molecule has 0 aromatic heterocycles. The highest BCUT2D eigenvalue weighted by atomic mass is 32.2. The zero-order valence-electron chi connectivity index (χ0n) is 16.1. The molecule has 0 spiro atoms. The lowest BCUT2D eigenvalue weighted by Crippen LogP contribution is -2.46. The van der Waals surface area contributed by atoms with Crippen LogP contribution in [0.2, 0.25) is 0 Å². The second kappa shape index (κ2) is 8.10. The van der Waals surface area contributed by atoms with Gasteiger partial charge < -0.3 is 4.90 Å². The molecule has 0 unspecified atom stereocenters. The monoisotopic (exact) mass is 392 g/mol. The van der Waals surface area contributed by atoms with E-state index in [4.69, 9.17) is 0 Å². The molecule has 0 N–H and O–H groups in total. The van der Waals surface area contributed by atoms with Crippen molar-refractivity contribution in [3.63, 3.8) is 0 Å². The maximum atomic E-state index is 12.8. The van der Waals surface area contributed by atoms with Gasteiger partial charge in [-0.05, 0) is 50.7 Å². The zero-order valence-corrected chi connectivity index (χ0v) is 16.9. The molecule has 2 aliphatic rings. The van der Waals surface area contributed by atoms with E-state index < -0.39 is 10.0 Å². The number of carbonyl (C=O) groups excluding carboxylic acids is 2. The molecule has 2 saturated heterocycles. The number of piperidine rings is 2. The molecule has 0 atom stereocenters. The van der Waals surface area contributed by atoms with Gasteiger partial charge in [0.15, 0.2) is 5.78 Å². The average Bonchev–Trinajstić information content (AvgIpc) is 2.68. The molecule has 2 heterocycles. The first-order chi connectivity index (χ1) is 12.8. The lowest BCUT2D eigenvalue weighted by atomic mass is 9.93. The molecule has 2 fully saturated rings. The smallest absolute Gasteiger partial charge is 0.243 e. The summed E-state index contributed by atoms with van der Waals surface area (Å²) in [7, 11) is -3.59. The van der Waals surface area contributed by atoms with Crippen molar-refractivity contribution in [2.75, 3.05) is 26.2 Å². The van der Waals surface area contributed by atoms with Gasteiger partial charge in [-0.2, -0.15) is 4.31 Å². The van der Waals surface area contributed by atoms with Crippen LogP contribution in [0.3, 0.4) is 0 Å². The lowest BCUT2D eigenvalue weighted by Gasteiger charge is -2.36. The van der Waals surface area contributed by atoms with Crippen molar-refractivity contribution in [2.45, 2.75) is 44.4 Å². The summed E-state index contributed by atoms with van der Waals surface area (Å²) in [6, 6.07) is 6.06. The van der Waals surface area contributed by atoms with Gasteiger partial charge in [-0.15, -0.1) is 0 Å². The molecule has 0 saturated carbocycles. The first kappa shape index (κ1) is 20.0. The number of amides is 1. The molecule has 7 heteroatoms. The third-order valence-electron chi connectivity index (χ3n) is 5.80. The van der Waals surface area contributed by atoms with Gasteiger partial charge in [-0.1, -0.05) is 19.1 Å². The number of Topliss-reactive ketones (excluding diaryl/α,β-unsaturated/α-hetero) is 1. The van der Waals surface area contributed by atoms with Gasteiger partial charge in [0.05, 0.1) is 4.90 Å². The SMILES string of the molecule is CC(=O)c1ccc(S(=O)(=O)N2CCC(C(=O)N3CCC(C)CC3)CC2)cc1. The molecule has 1 amide bonds. The second-order valence-electron chi connectivity index (χ2n) is 7.77. The third-order valence-corrected chi connectivity index (χ3v) is 7.71. The van der Waals surface area contributed by atoms with Crippen LogP contribution < -0.4 is 0 Å². The average molecular weight is 393 g/mol. The Kier molecular flexibility index (Phi) is 6.01. The van der Waals surface area contributed by atoms with Crippen molar-refractivity contribution in [3.8, 4) is 0 Å². The van der Waals surface area contributed by atoms with Crippen LogP contribution in [0.25, 0.3) is 0 Å². The Labute approximate surface area is 161 Å². The Hall–Kier alpha value is -1.73. The molecule has 2 aliphatic heterocycles. The summed E-state index contributed by atoms with van der Waals surface area (Å²) in [6.07, 6.45) is 3.23. The molecule has 27 heavy (non-hydrogen) atoms. The first-order valence-corrected chi connectivity index (χ1v) is 11.1. The Balaban J connectivity index is 1.60. The van der Waals surface area contributed by atoms with Gasteiger partial charge in [0.25, 0.3) is 0 Å². The molecular formula is C20H28N2O4S. The predicted molar refractivity (Wildman–Crippen MR) is 103 cm³/mol. The topological polar surface area (TPSA) is 74.8 Å². The van der Waals surface area contributed by atoms with Crippen molar-refractivity contribution in [3.05, 3.63) is 29.8 Å². The van der Waals surface area contributed by atoms with E-state index in [9.17, 15) is 18.0 Å². The van der Waals surface area contributed by atoms with Gasteiger partial charge in [0, 0.05) is 37.7 Å². The van der Waals surface area contributed by atoms with E-state index in [-0.39, 0.29) is 22.5 Å². The van der Waals surface area contributed by atoms with Crippen molar-refractivity contribution in [1.82, 2.24) is 9.21 Å². The van der Waals surface area contributed by atoms with E-state index in [0.717, 1.165) is 25.9 Å². The maximum Gasteiger partial charge on any atom is 0.243 e. The predicted octanol–water partition coefficient (Wildman–Crippen LogP) is 2.55. The minimum Gasteiger partial charge on any atom is -0.342 e. The number of hydrogen-bond donors (Lipinski definition) is 0. The quantitative estimate of drug-likeness (QED) is 0.738. The zero-order chi connectivity index (χ0) is 19.6. The number of ketones is 1. The standard InChI is InChI=1S/C20H28N2O4S/c1-15-7-11-21(12-8-15)20(24)18-9-13-22(14-10-18)27(25,26)19-5-3-17(4-6-19)16(2)23/h3-6,15,18H,7-14H2,1-2H3. The van der Waals surface area contributed by atoms with Crippen molar-refractivity contribution in [2.24, 2.45) is 11.8 Å². The van der Waals surface area contributed by atoms with E-state index in [1.807, 2.05) is 4.90 Å². The van der Waals surface area contributed by atoms with Crippen molar-refractivity contribution in [1.29, 1.82) is 0 Å². The van der Waals surface area contributed by atoms with Crippen LogP contribution in [0, 0.1) is 11.8 Å². The van der Waals surface area contributed by atoms with Crippen LogP contribution in [-0.4, -0.2) is 55.5 Å². The van der Waals surface area contributed by atoms with Crippen molar-refractivity contribution >= 4 is 21.7 Å². The first-order valence-electron chi connectivity index (χ1n) is 9.69. The molecule has 148 valence electrons. The van der Waals surface area contributed by atoms with Crippen molar-refractivity contribution < 1.29 is 18.0 Å². The molecular weight excluding hydrogens is 364 g/mol. The van der Waals surface area contributed by atoms with Crippen LogP contribution in [-0.2, 0) is 14.8 Å². The van der Waals surface area contributed by atoms with E-state index >= 15 is 0 Å². The molecule has 0 radical (unpaired) electrons. The highest BCUT2D eigenvalue weighted by molar-refractivity contribution is 7.89. The van der Waals surface area contributed by atoms with Gasteiger partial charge in [-0.3, -0.25) is 9.59 Å². The number of nitrogens with zero attached hydrogens (tertiary/aromatic N) is 2. The fourth-order valence-electron chi connectivity index (χ4n) is 3.84. The number of carbonyl (C=O) groups is 2. The van der Waals surface area contributed by atoms with E-state index in [0.29, 0.717) is 37.4 Å². The fraction of sp³-hybridized carbons (Fsp3) is 0.600. The van der Waals surface area contributed by atoms with Crippen LogP contribution in [0.1, 0.15) is 49.9 Å². The largest absolute Gasteiger partial charge is 0.342 e. The Bertz CT molecular complexity index is 788. The van der Waals surface area contributed by atoms with Gasteiger partial charge in [0.1, 0.15) is 0 Å². The summed E-state index contributed by atoms with van der Waals surface area (Å²) in [4.78, 5) is 26.2. The summed E-state index contributed by atoms with van der Waals surface area (Å²) in [5.41, 5.74) is 0.495. The Morgan fingerprint density at radius 1 is 0.926 bits per heavy atom. The summed E-state index contributed by atoms with van der Waals surface area (Å²) < 4.78 is 27.1. The van der Waals surface area contributed by atoms with Crippen LogP contribution in [0.4, 0.5) is 0 Å². The fourth-order valence-corrected chi connectivity index (χ4v) is 5.31. The molecule has 1 aromatic carbocycles. The number of sulfonamides is 1. The van der Waals surface area contributed by atoms with Crippen LogP contribution in [0.5, 0.6) is 0 Å². The highest BCUT2D eigenvalue weighted by Crippen LogP contribution is 2.27. The van der Waals surface area contributed by atoms with E-state index in [2.05, 4.69) is 6.92 Å². The summed E-state index contributed by atoms with van der Waals surface area (Å²) in [5, 5.41) is 0. The van der Waals surface area contributed by atoms with Gasteiger partial charge >= 0.3 is 0 Å². The molecule has 1 aromatic rings. The Morgan fingerprint density at radius 2 is 1.48 bits per heavy atom. The summed E-state index contributed by atoms with van der Waals surface area (Å²) in [6.45, 7) is 6.03. The summed E-state index contributed by atoms with van der Waals surface area (Å²) in [5.74, 6) is 0.690. The molecule has 6 nitrogen and oxygen atoms in total. The van der Waals surface area contributed by atoms with Gasteiger partial charge in [-0.25, -0.2) is 8.42 Å². The van der Waals surface area contributed by atoms with Gasteiger partial charge in [0.2, 0.25) is 15.9 Å². The minimum atomic E-state index is -3.59. The normalized spacial score (nSPS) is 20.6. The number of likely N-dealkylation sites (tertiary alicyclic amines) is 1. The van der Waals surface area contributed by atoms with Crippen LogP contribution in [0.15, 0.2) is 29.2 Å². The third kappa shape index (κ3) is 4.41. The Morgan fingerprint density at radius 3 is 2.00 bits per heavy atom. The van der Waals surface area contributed by atoms with Crippen LogP contribution >= 0.6 is 0 Å². The summed E-state index contributed by atoms with van der Waals surface area (Å²) >= 11 is 0. The number of benzene rings is 1. The number of rotatable bonds is 4. The van der Waals surface area contributed by atoms with E-state index in [1.54, 1.807) is 12.1 Å². The van der Waals surface area contributed by atoms with E-state index in [1.165, 1.54) is 23.4 Å². The second-order valence-corrected chi connectivity index (χ2v) is 9.70. The molecule has 0 bridgehead atoms. The number of hydrogen-bond acceptors (Lipinski definition) is 4. The minimum absolute atomic E-state index is 0.0788. The lowest BCUT2D eigenvalue weighted by molar-refractivity contribution is -0.138. The molecule has 3 rings (SSSR count). The molecule has 0 aliphatic carbocycles. The maximum absolute atomic E-state index is 12.8.